The third kappa shape index (κ3) is 3.04. The molecule has 3 rings (SSSR count). The fourth-order valence-electron chi connectivity index (χ4n) is 2.90. The fourth-order valence-corrected chi connectivity index (χ4v) is 3.02. The normalized spacial score (nSPS) is 23.5. The number of amides is 3. The van der Waals surface area contributed by atoms with Gasteiger partial charge in [0.15, 0.2) is 0 Å². The van der Waals surface area contributed by atoms with Crippen LogP contribution in [-0.4, -0.2) is 36.5 Å². The first-order valence-electron chi connectivity index (χ1n) is 7.23. The van der Waals surface area contributed by atoms with Crippen LogP contribution in [0.2, 0.25) is 5.02 Å². The van der Waals surface area contributed by atoms with Gasteiger partial charge in [-0.3, -0.25) is 9.69 Å². The number of halogens is 1. The first-order valence-corrected chi connectivity index (χ1v) is 7.61. The molecule has 0 spiro atoms. The van der Waals surface area contributed by atoms with Crippen molar-refractivity contribution in [3.63, 3.8) is 0 Å². The summed E-state index contributed by atoms with van der Waals surface area (Å²) in [5.74, 6) is 0.228. The Hall–Kier alpha value is -1.59. The van der Waals surface area contributed by atoms with Gasteiger partial charge in [-0.05, 0) is 49.5 Å². The van der Waals surface area contributed by atoms with E-state index < -0.39 is 6.04 Å². The van der Waals surface area contributed by atoms with Crippen molar-refractivity contribution in [1.29, 1.82) is 0 Å². The first-order chi connectivity index (χ1) is 10.1. The summed E-state index contributed by atoms with van der Waals surface area (Å²) in [6, 6.07) is 6.13. The van der Waals surface area contributed by atoms with Crippen LogP contribution in [0.5, 0.6) is 0 Å². The average molecular weight is 308 g/mol. The van der Waals surface area contributed by atoms with Crippen LogP contribution in [0.3, 0.4) is 0 Å². The molecule has 0 radical (unpaired) electrons. The van der Waals surface area contributed by atoms with Gasteiger partial charge in [-0.25, -0.2) is 4.79 Å². The Morgan fingerprint density at radius 1 is 1.14 bits per heavy atom. The molecule has 2 saturated heterocycles. The molecular formula is C15H18ClN3O2. The SMILES string of the molecule is O=C1NC(c2ccc(Cl)cc2)C(=O)N1CC1CCNCC1. The predicted octanol–water partition coefficient (Wildman–Crippen LogP) is 1.93. The Morgan fingerprint density at radius 2 is 1.81 bits per heavy atom. The van der Waals surface area contributed by atoms with Crippen molar-refractivity contribution in [1.82, 2.24) is 15.5 Å². The van der Waals surface area contributed by atoms with Crippen LogP contribution < -0.4 is 10.6 Å². The van der Waals surface area contributed by atoms with E-state index in [1.165, 1.54) is 4.90 Å². The van der Waals surface area contributed by atoms with Crippen LogP contribution in [0.25, 0.3) is 0 Å². The number of piperidine rings is 1. The number of nitrogens with one attached hydrogen (secondary N) is 2. The molecule has 2 aliphatic heterocycles. The molecule has 1 aromatic rings. The van der Waals surface area contributed by atoms with Gasteiger partial charge in [0.2, 0.25) is 0 Å². The van der Waals surface area contributed by atoms with E-state index >= 15 is 0 Å². The van der Waals surface area contributed by atoms with Gasteiger partial charge < -0.3 is 10.6 Å². The molecule has 1 unspecified atom stereocenters. The van der Waals surface area contributed by atoms with E-state index in [4.69, 9.17) is 11.6 Å². The molecule has 1 aromatic carbocycles. The lowest BCUT2D eigenvalue weighted by atomic mass is 9.97. The standard InChI is InChI=1S/C15H18ClN3O2/c16-12-3-1-11(2-4-12)13-14(20)19(15(21)18-13)9-10-5-7-17-8-6-10/h1-4,10,13,17H,5-9H2,(H,18,21). The van der Waals surface area contributed by atoms with Crippen LogP contribution in [0.1, 0.15) is 24.4 Å². The quantitative estimate of drug-likeness (QED) is 0.839. The van der Waals surface area contributed by atoms with Gasteiger partial charge in [0.25, 0.3) is 5.91 Å². The molecule has 1 atom stereocenters. The van der Waals surface area contributed by atoms with Gasteiger partial charge in [-0.2, -0.15) is 0 Å². The summed E-state index contributed by atoms with van der Waals surface area (Å²) in [5.41, 5.74) is 0.769. The number of hydrogen-bond donors (Lipinski definition) is 2. The van der Waals surface area contributed by atoms with Crippen molar-refractivity contribution >= 4 is 23.5 Å². The number of rotatable bonds is 3. The van der Waals surface area contributed by atoms with Crippen LogP contribution in [0.15, 0.2) is 24.3 Å². The number of carbonyl (C=O) groups is 2. The summed E-state index contributed by atoms with van der Waals surface area (Å²) in [5, 5.41) is 6.66. The average Bonchev–Trinajstić information content (AvgIpc) is 2.77. The monoisotopic (exact) mass is 307 g/mol. The summed E-state index contributed by atoms with van der Waals surface area (Å²) < 4.78 is 0. The van der Waals surface area contributed by atoms with Gasteiger partial charge in [0, 0.05) is 11.6 Å². The minimum atomic E-state index is -0.587. The largest absolute Gasteiger partial charge is 0.325 e. The first kappa shape index (κ1) is 14.4. The van der Waals surface area contributed by atoms with Crippen molar-refractivity contribution < 1.29 is 9.59 Å². The lowest BCUT2D eigenvalue weighted by Crippen LogP contribution is -2.39. The summed E-state index contributed by atoms with van der Waals surface area (Å²) in [6.45, 7) is 2.42. The molecule has 0 saturated carbocycles. The van der Waals surface area contributed by atoms with Crippen molar-refractivity contribution in [2.24, 2.45) is 5.92 Å². The zero-order valence-corrected chi connectivity index (χ0v) is 12.4. The number of nitrogens with zero attached hydrogens (tertiary/aromatic N) is 1. The minimum Gasteiger partial charge on any atom is -0.322 e. The number of benzene rings is 1. The van der Waals surface area contributed by atoms with E-state index in [1.54, 1.807) is 24.3 Å². The molecule has 3 amide bonds. The Labute approximate surface area is 128 Å². The van der Waals surface area contributed by atoms with Crippen molar-refractivity contribution in [2.75, 3.05) is 19.6 Å². The van der Waals surface area contributed by atoms with Crippen molar-refractivity contribution in [3.05, 3.63) is 34.9 Å². The molecule has 2 fully saturated rings. The molecule has 21 heavy (non-hydrogen) atoms. The van der Waals surface area contributed by atoms with E-state index in [0.29, 0.717) is 17.5 Å². The highest BCUT2D eigenvalue weighted by molar-refractivity contribution is 6.30. The molecule has 2 N–H and O–H groups in total. The van der Waals surface area contributed by atoms with E-state index in [-0.39, 0.29) is 11.9 Å². The number of hydrogen-bond acceptors (Lipinski definition) is 3. The van der Waals surface area contributed by atoms with Gasteiger partial charge in [0.1, 0.15) is 6.04 Å². The summed E-state index contributed by atoms with van der Waals surface area (Å²) >= 11 is 5.85. The van der Waals surface area contributed by atoms with Crippen molar-refractivity contribution in [3.8, 4) is 0 Å². The van der Waals surface area contributed by atoms with Gasteiger partial charge >= 0.3 is 6.03 Å². The van der Waals surface area contributed by atoms with Gasteiger partial charge in [-0.1, -0.05) is 23.7 Å². The van der Waals surface area contributed by atoms with E-state index in [2.05, 4.69) is 10.6 Å². The van der Waals surface area contributed by atoms with Crippen LogP contribution in [-0.2, 0) is 4.79 Å². The maximum absolute atomic E-state index is 12.5. The maximum Gasteiger partial charge on any atom is 0.325 e. The van der Waals surface area contributed by atoms with E-state index in [9.17, 15) is 9.59 Å². The second-order valence-electron chi connectivity index (χ2n) is 5.58. The lowest BCUT2D eigenvalue weighted by Gasteiger charge is -2.25. The summed E-state index contributed by atoms with van der Waals surface area (Å²) in [6.07, 6.45) is 2.01. The lowest BCUT2D eigenvalue weighted by molar-refractivity contribution is -0.128. The van der Waals surface area contributed by atoms with E-state index in [1.807, 2.05) is 0 Å². The second kappa shape index (κ2) is 6.03. The molecule has 6 heteroatoms. The highest BCUT2D eigenvalue weighted by Crippen LogP contribution is 2.25. The van der Waals surface area contributed by atoms with Crippen LogP contribution in [0.4, 0.5) is 4.79 Å². The molecule has 0 aromatic heterocycles. The maximum atomic E-state index is 12.5. The highest BCUT2D eigenvalue weighted by Gasteiger charge is 2.39. The Bertz CT molecular complexity index is 540. The van der Waals surface area contributed by atoms with Gasteiger partial charge in [0.05, 0.1) is 0 Å². The zero-order valence-electron chi connectivity index (χ0n) is 11.6. The molecule has 112 valence electrons. The Balaban J connectivity index is 1.71. The third-order valence-corrected chi connectivity index (χ3v) is 4.38. The second-order valence-corrected chi connectivity index (χ2v) is 6.01. The minimum absolute atomic E-state index is 0.166. The fraction of sp³-hybridized carbons (Fsp3) is 0.467. The number of carbonyl (C=O) groups excluding carboxylic acids is 2. The molecule has 2 heterocycles. The van der Waals surface area contributed by atoms with Gasteiger partial charge in [-0.15, -0.1) is 0 Å². The zero-order chi connectivity index (χ0) is 14.8. The van der Waals surface area contributed by atoms with Crippen LogP contribution in [0, 0.1) is 5.92 Å². The topological polar surface area (TPSA) is 61.4 Å². The summed E-state index contributed by atoms with van der Waals surface area (Å²) in [7, 11) is 0. The number of urea groups is 1. The number of imide groups is 1. The smallest absolute Gasteiger partial charge is 0.322 e. The summed E-state index contributed by atoms with van der Waals surface area (Å²) in [4.78, 5) is 25.9. The molecular weight excluding hydrogens is 290 g/mol. The van der Waals surface area contributed by atoms with Crippen LogP contribution >= 0.6 is 11.6 Å². The van der Waals surface area contributed by atoms with E-state index in [0.717, 1.165) is 31.5 Å². The predicted molar refractivity (Wildman–Crippen MR) is 80.0 cm³/mol. The molecule has 0 aliphatic carbocycles. The molecule has 2 aliphatic rings. The molecule has 0 bridgehead atoms. The highest BCUT2D eigenvalue weighted by atomic mass is 35.5. The Morgan fingerprint density at radius 3 is 2.48 bits per heavy atom. The molecule has 5 nitrogen and oxygen atoms in total. The van der Waals surface area contributed by atoms with Crippen molar-refractivity contribution in [2.45, 2.75) is 18.9 Å². The third-order valence-electron chi connectivity index (χ3n) is 4.13. The Kier molecular flexibility index (Phi) is 4.12.